The van der Waals surface area contributed by atoms with E-state index in [4.69, 9.17) is 0 Å². The molecular weight excluding hydrogens is 122 g/mol. The van der Waals surface area contributed by atoms with Crippen LogP contribution >= 0.6 is 0 Å². The SMILES string of the molecule is CN1C=CN([N+](=O)[O-])C1. The van der Waals surface area contributed by atoms with Gasteiger partial charge in [0.05, 0.1) is 6.20 Å². The molecule has 1 aliphatic rings. The molecule has 1 aliphatic heterocycles. The Morgan fingerprint density at radius 3 is 2.56 bits per heavy atom. The molecule has 0 saturated heterocycles. The number of hydrogen-bond acceptors (Lipinski definition) is 3. The second-order valence-electron chi connectivity index (χ2n) is 1.87. The highest BCUT2D eigenvalue weighted by Crippen LogP contribution is 2.01. The molecule has 0 aromatic rings. The van der Waals surface area contributed by atoms with Crippen LogP contribution in [-0.2, 0) is 0 Å². The summed E-state index contributed by atoms with van der Waals surface area (Å²) in [5.74, 6) is 0. The van der Waals surface area contributed by atoms with E-state index >= 15 is 0 Å². The van der Waals surface area contributed by atoms with Crippen LogP contribution in [-0.4, -0.2) is 28.7 Å². The lowest BCUT2D eigenvalue weighted by molar-refractivity contribution is -0.640. The van der Waals surface area contributed by atoms with Crippen molar-refractivity contribution in [2.24, 2.45) is 0 Å². The first-order valence-electron chi connectivity index (χ1n) is 2.49. The fourth-order valence-electron chi connectivity index (χ4n) is 0.620. The van der Waals surface area contributed by atoms with Gasteiger partial charge in [-0.2, -0.15) is 0 Å². The molecule has 1 rings (SSSR count). The average Bonchev–Trinajstić information content (AvgIpc) is 2.14. The first kappa shape index (κ1) is 5.87. The molecule has 5 heteroatoms. The van der Waals surface area contributed by atoms with Crippen molar-refractivity contribution in [1.82, 2.24) is 9.91 Å². The van der Waals surface area contributed by atoms with E-state index in [0.29, 0.717) is 6.67 Å². The summed E-state index contributed by atoms with van der Waals surface area (Å²) in [6.45, 7) is 0.340. The van der Waals surface area contributed by atoms with Crippen LogP contribution in [0.5, 0.6) is 0 Å². The van der Waals surface area contributed by atoms with E-state index in [9.17, 15) is 10.1 Å². The Morgan fingerprint density at radius 1 is 1.67 bits per heavy atom. The molecule has 0 unspecified atom stereocenters. The number of hydrazine groups is 1. The third kappa shape index (κ3) is 1.10. The van der Waals surface area contributed by atoms with Gasteiger partial charge in [-0.1, -0.05) is 5.01 Å². The zero-order chi connectivity index (χ0) is 6.85. The molecule has 0 fully saturated rings. The van der Waals surface area contributed by atoms with E-state index < -0.39 is 5.03 Å². The zero-order valence-corrected chi connectivity index (χ0v) is 5.02. The zero-order valence-electron chi connectivity index (χ0n) is 5.02. The maximum atomic E-state index is 10.0. The molecular formula is C4H7N3O2. The fourth-order valence-corrected chi connectivity index (χ4v) is 0.620. The smallest absolute Gasteiger partial charge is 0.166 e. The van der Waals surface area contributed by atoms with E-state index in [1.54, 1.807) is 18.1 Å². The molecule has 0 radical (unpaired) electrons. The molecule has 1 heterocycles. The third-order valence-electron chi connectivity index (χ3n) is 1.07. The van der Waals surface area contributed by atoms with Crippen LogP contribution in [0.3, 0.4) is 0 Å². The van der Waals surface area contributed by atoms with E-state index in [2.05, 4.69) is 0 Å². The first-order chi connectivity index (χ1) is 4.20. The minimum absolute atomic E-state index is 0.340. The molecule has 0 aliphatic carbocycles. The van der Waals surface area contributed by atoms with Crippen LogP contribution in [0.15, 0.2) is 12.4 Å². The van der Waals surface area contributed by atoms with Gasteiger partial charge in [0.25, 0.3) is 0 Å². The van der Waals surface area contributed by atoms with Gasteiger partial charge in [-0.05, 0) is 0 Å². The van der Waals surface area contributed by atoms with Crippen molar-refractivity contribution in [3.05, 3.63) is 22.5 Å². The molecule has 0 bridgehead atoms. The second-order valence-corrected chi connectivity index (χ2v) is 1.87. The Labute approximate surface area is 52.3 Å². The van der Waals surface area contributed by atoms with Crippen LogP contribution in [0.25, 0.3) is 0 Å². The highest BCUT2D eigenvalue weighted by atomic mass is 16.7. The van der Waals surface area contributed by atoms with Gasteiger partial charge >= 0.3 is 0 Å². The van der Waals surface area contributed by atoms with E-state index in [1.165, 1.54) is 6.20 Å². The van der Waals surface area contributed by atoms with Crippen molar-refractivity contribution in [2.75, 3.05) is 13.7 Å². The Hall–Kier alpha value is -1.26. The second kappa shape index (κ2) is 1.93. The molecule has 0 aromatic heterocycles. The lowest BCUT2D eigenvalue weighted by Crippen LogP contribution is -2.27. The van der Waals surface area contributed by atoms with Crippen molar-refractivity contribution in [2.45, 2.75) is 0 Å². The van der Waals surface area contributed by atoms with Gasteiger partial charge in [0.1, 0.15) is 0 Å². The van der Waals surface area contributed by atoms with Crippen molar-refractivity contribution in [1.29, 1.82) is 0 Å². The first-order valence-corrected chi connectivity index (χ1v) is 2.49. The number of nitro groups is 1. The molecule has 50 valence electrons. The van der Waals surface area contributed by atoms with Gasteiger partial charge in [0.15, 0.2) is 11.7 Å². The highest BCUT2D eigenvalue weighted by Gasteiger charge is 2.16. The van der Waals surface area contributed by atoms with E-state index in [0.717, 1.165) is 5.01 Å². The summed E-state index contributed by atoms with van der Waals surface area (Å²) in [5, 5.41) is 10.6. The standard InChI is InChI=1S/C4H7N3O2/c1-5-2-3-6(4-5)7(8)9/h2-3H,4H2,1H3. The van der Waals surface area contributed by atoms with Crippen LogP contribution in [0.4, 0.5) is 0 Å². The molecule has 0 amide bonds. The van der Waals surface area contributed by atoms with Crippen LogP contribution in [0.1, 0.15) is 0 Å². The molecule has 9 heavy (non-hydrogen) atoms. The molecule has 0 N–H and O–H groups in total. The van der Waals surface area contributed by atoms with E-state index in [-0.39, 0.29) is 0 Å². The van der Waals surface area contributed by atoms with Crippen LogP contribution in [0, 0.1) is 10.1 Å². The fraction of sp³-hybridized carbons (Fsp3) is 0.500. The highest BCUT2D eigenvalue weighted by molar-refractivity contribution is 4.83. The maximum Gasteiger partial charge on any atom is 0.166 e. The minimum Gasteiger partial charge on any atom is -0.356 e. The monoisotopic (exact) mass is 129 g/mol. The predicted octanol–water partition coefficient (Wildman–Crippen LogP) is -0.146. The minimum atomic E-state index is -0.444. The summed E-state index contributed by atoms with van der Waals surface area (Å²) in [4.78, 5) is 11.7. The van der Waals surface area contributed by atoms with Gasteiger partial charge in [-0.3, -0.25) is 0 Å². The Kier molecular flexibility index (Phi) is 1.26. The predicted molar refractivity (Wildman–Crippen MR) is 30.6 cm³/mol. The molecule has 0 aromatic carbocycles. The van der Waals surface area contributed by atoms with Gasteiger partial charge in [0.2, 0.25) is 0 Å². The Morgan fingerprint density at radius 2 is 2.33 bits per heavy atom. The van der Waals surface area contributed by atoms with Crippen molar-refractivity contribution < 1.29 is 5.03 Å². The lowest BCUT2D eigenvalue weighted by Gasteiger charge is -2.07. The van der Waals surface area contributed by atoms with Crippen molar-refractivity contribution in [3.63, 3.8) is 0 Å². The summed E-state index contributed by atoms with van der Waals surface area (Å²) in [7, 11) is 1.78. The maximum absolute atomic E-state index is 10.0. The van der Waals surface area contributed by atoms with Gasteiger partial charge in [0, 0.05) is 13.2 Å². The number of rotatable bonds is 1. The Bertz CT molecular complexity index is 156. The van der Waals surface area contributed by atoms with Gasteiger partial charge in [-0.25, -0.2) is 10.1 Å². The van der Waals surface area contributed by atoms with Crippen LogP contribution < -0.4 is 0 Å². The summed E-state index contributed by atoms with van der Waals surface area (Å²) < 4.78 is 0. The molecule has 0 spiro atoms. The summed E-state index contributed by atoms with van der Waals surface area (Å²) in [6.07, 6.45) is 3.09. The average molecular weight is 129 g/mol. The van der Waals surface area contributed by atoms with Crippen molar-refractivity contribution in [3.8, 4) is 0 Å². The summed E-state index contributed by atoms with van der Waals surface area (Å²) in [5.41, 5.74) is 0. The van der Waals surface area contributed by atoms with Gasteiger partial charge in [-0.15, -0.1) is 0 Å². The number of nitrogens with zero attached hydrogens (tertiary/aromatic N) is 3. The molecule has 5 nitrogen and oxygen atoms in total. The van der Waals surface area contributed by atoms with Crippen LogP contribution in [0.2, 0.25) is 0 Å². The topological polar surface area (TPSA) is 49.6 Å². The molecule has 0 saturated carbocycles. The largest absolute Gasteiger partial charge is 0.356 e. The normalized spacial score (nSPS) is 17.0. The van der Waals surface area contributed by atoms with Gasteiger partial charge < -0.3 is 4.90 Å². The number of hydrogen-bond donors (Lipinski definition) is 0. The van der Waals surface area contributed by atoms with Crippen molar-refractivity contribution >= 4 is 0 Å². The third-order valence-corrected chi connectivity index (χ3v) is 1.07. The molecule has 0 atom stereocenters. The summed E-state index contributed by atoms with van der Waals surface area (Å²) in [6, 6.07) is 0. The Balaban J connectivity index is 2.50. The summed E-state index contributed by atoms with van der Waals surface area (Å²) >= 11 is 0. The van der Waals surface area contributed by atoms with E-state index in [1.807, 2.05) is 0 Å². The quantitative estimate of drug-likeness (QED) is 0.365. The lowest BCUT2D eigenvalue weighted by atomic mass is 10.9.